The maximum Gasteiger partial charge on any atom is 0.0237 e. The maximum absolute atomic E-state index is 3.64. The van der Waals surface area contributed by atoms with Gasteiger partial charge in [-0.1, -0.05) is 37.6 Å². The number of likely N-dealkylation sites (tertiary alicyclic amines) is 1. The Morgan fingerprint density at radius 3 is 2.63 bits per heavy atom. The van der Waals surface area contributed by atoms with E-state index in [0.717, 1.165) is 25.0 Å². The molecule has 104 valence electrons. The molecular weight excluding hydrogens is 232 g/mol. The number of benzene rings is 1. The van der Waals surface area contributed by atoms with Gasteiger partial charge in [0.25, 0.3) is 0 Å². The second kappa shape index (κ2) is 6.06. The molecule has 1 aromatic rings. The first-order chi connectivity index (χ1) is 9.35. The Labute approximate surface area is 117 Å². The van der Waals surface area contributed by atoms with Gasteiger partial charge in [0.2, 0.25) is 0 Å². The van der Waals surface area contributed by atoms with Crippen LogP contribution in [0.4, 0.5) is 0 Å². The lowest BCUT2D eigenvalue weighted by molar-refractivity contribution is 0.314. The van der Waals surface area contributed by atoms with Crippen molar-refractivity contribution in [1.29, 1.82) is 0 Å². The van der Waals surface area contributed by atoms with Gasteiger partial charge < -0.3 is 5.32 Å². The van der Waals surface area contributed by atoms with Gasteiger partial charge >= 0.3 is 0 Å². The fourth-order valence-electron chi connectivity index (χ4n) is 3.06. The van der Waals surface area contributed by atoms with Crippen molar-refractivity contribution in [3.05, 3.63) is 35.4 Å². The van der Waals surface area contributed by atoms with Crippen LogP contribution in [-0.4, -0.2) is 24.0 Å². The Hall–Kier alpha value is -0.860. The van der Waals surface area contributed by atoms with Gasteiger partial charge in [-0.05, 0) is 42.9 Å². The molecule has 0 spiro atoms. The minimum atomic E-state index is 0.796. The molecule has 0 aromatic heterocycles. The van der Waals surface area contributed by atoms with Gasteiger partial charge in [0.05, 0.1) is 0 Å². The summed E-state index contributed by atoms with van der Waals surface area (Å²) in [5, 5.41) is 3.64. The molecule has 0 bridgehead atoms. The third kappa shape index (κ3) is 3.58. The van der Waals surface area contributed by atoms with E-state index in [2.05, 4.69) is 41.4 Å². The van der Waals surface area contributed by atoms with Crippen LogP contribution in [0.3, 0.4) is 0 Å². The molecule has 2 heteroatoms. The number of hydrogen-bond acceptors (Lipinski definition) is 2. The molecule has 3 rings (SSSR count). The summed E-state index contributed by atoms with van der Waals surface area (Å²) in [5.74, 6) is 0.928. The molecule has 1 saturated carbocycles. The predicted octanol–water partition coefficient (Wildman–Crippen LogP) is 3.17. The Balaban J connectivity index is 1.59. The van der Waals surface area contributed by atoms with E-state index in [1.165, 1.54) is 49.9 Å². The molecule has 1 N–H and O–H groups in total. The quantitative estimate of drug-likeness (QED) is 0.843. The molecule has 1 atom stereocenters. The van der Waals surface area contributed by atoms with Gasteiger partial charge in [-0.3, -0.25) is 4.90 Å². The van der Waals surface area contributed by atoms with Crippen molar-refractivity contribution in [2.24, 2.45) is 5.92 Å². The van der Waals surface area contributed by atoms with E-state index in [-0.39, 0.29) is 0 Å². The van der Waals surface area contributed by atoms with E-state index < -0.39 is 0 Å². The summed E-state index contributed by atoms with van der Waals surface area (Å²) >= 11 is 0. The molecule has 19 heavy (non-hydrogen) atoms. The summed E-state index contributed by atoms with van der Waals surface area (Å²) in [4.78, 5) is 2.63. The van der Waals surface area contributed by atoms with E-state index in [0.29, 0.717) is 0 Å². The van der Waals surface area contributed by atoms with Crippen LogP contribution < -0.4 is 5.32 Å². The van der Waals surface area contributed by atoms with Gasteiger partial charge in [0.15, 0.2) is 0 Å². The second-order valence-corrected chi connectivity index (χ2v) is 6.22. The Morgan fingerprint density at radius 1 is 1.16 bits per heavy atom. The van der Waals surface area contributed by atoms with Crippen LogP contribution in [0.1, 0.15) is 43.7 Å². The molecule has 1 aliphatic carbocycles. The molecule has 0 amide bonds. The van der Waals surface area contributed by atoms with E-state index in [4.69, 9.17) is 0 Å². The lowest BCUT2D eigenvalue weighted by Crippen LogP contribution is -2.22. The Kier molecular flexibility index (Phi) is 4.19. The standard InChI is InChI=1S/C17H26N2/c1-2-14-9-10-19(12-14)13-16-6-4-3-5-15(16)11-18-17-7-8-17/h3-6,14,17-18H,2,7-13H2,1H3. The Morgan fingerprint density at radius 2 is 1.95 bits per heavy atom. The van der Waals surface area contributed by atoms with Crippen molar-refractivity contribution < 1.29 is 0 Å². The Bertz CT molecular complexity index is 411. The zero-order chi connectivity index (χ0) is 13.1. The van der Waals surface area contributed by atoms with Crippen molar-refractivity contribution >= 4 is 0 Å². The zero-order valence-electron chi connectivity index (χ0n) is 12.1. The van der Waals surface area contributed by atoms with Crippen LogP contribution in [0.5, 0.6) is 0 Å². The van der Waals surface area contributed by atoms with Crippen LogP contribution >= 0.6 is 0 Å². The SMILES string of the molecule is CCC1CCN(Cc2ccccc2CNC2CC2)C1. The van der Waals surface area contributed by atoms with Crippen LogP contribution in [0.2, 0.25) is 0 Å². The molecule has 1 aliphatic heterocycles. The highest BCUT2D eigenvalue weighted by molar-refractivity contribution is 5.27. The molecular formula is C17H26N2. The van der Waals surface area contributed by atoms with Gasteiger partial charge in [-0.25, -0.2) is 0 Å². The number of nitrogens with one attached hydrogen (secondary N) is 1. The van der Waals surface area contributed by atoms with E-state index in [1.54, 1.807) is 0 Å². The summed E-state index contributed by atoms with van der Waals surface area (Å²) in [7, 11) is 0. The fourth-order valence-corrected chi connectivity index (χ4v) is 3.06. The molecule has 2 aliphatic rings. The molecule has 0 radical (unpaired) electrons. The number of hydrogen-bond donors (Lipinski definition) is 1. The lowest BCUT2D eigenvalue weighted by Gasteiger charge is -2.18. The number of nitrogens with zero attached hydrogens (tertiary/aromatic N) is 1. The highest BCUT2D eigenvalue weighted by atomic mass is 15.1. The molecule has 1 unspecified atom stereocenters. The van der Waals surface area contributed by atoms with Crippen molar-refractivity contribution in [3.8, 4) is 0 Å². The lowest BCUT2D eigenvalue weighted by atomic mass is 10.1. The van der Waals surface area contributed by atoms with Crippen LogP contribution in [0.15, 0.2) is 24.3 Å². The van der Waals surface area contributed by atoms with Crippen LogP contribution in [0.25, 0.3) is 0 Å². The highest BCUT2D eigenvalue weighted by Crippen LogP contribution is 2.23. The molecule has 2 fully saturated rings. The largest absolute Gasteiger partial charge is 0.310 e. The van der Waals surface area contributed by atoms with E-state index >= 15 is 0 Å². The van der Waals surface area contributed by atoms with Crippen molar-refractivity contribution in [1.82, 2.24) is 10.2 Å². The molecule has 1 aromatic carbocycles. The van der Waals surface area contributed by atoms with Gasteiger partial charge in [-0.2, -0.15) is 0 Å². The summed E-state index contributed by atoms with van der Waals surface area (Å²) in [6.07, 6.45) is 5.46. The second-order valence-electron chi connectivity index (χ2n) is 6.22. The maximum atomic E-state index is 3.64. The smallest absolute Gasteiger partial charge is 0.0237 e. The first-order valence-electron chi connectivity index (χ1n) is 7.87. The first kappa shape index (κ1) is 13.1. The highest BCUT2D eigenvalue weighted by Gasteiger charge is 2.22. The average Bonchev–Trinajstić information content (AvgIpc) is 3.16. The van der Waals surface area contributed by atoms with Crippen molar-refractivity contribution in [2.45, 2.75) is 51.7 Å². The van der Waals surface area contributed by atoms with Crippen LogP contribution in [-0.2, 0) is 13.1 Å². The van der Waals surface area contributed by atoms with Crippen molar-refractivity contribution in [3.63, 3.8) is 0 Å². The summed E-state index contributed by atoms with van der Waals surface area (Å²) < 4.78 is 0. The zero-order valence-corrected chi connectivity index (χ0v) is 12.1. The average molecular weight is 258 g/mol. The van der Waals surface area contributed by atoms with E-state index in [1.807, 2.05) is 0 Å². The first-order valence-corrected chi connectivity index (χ1v) is 7.87. The fraction of sp³-hybridized carbons (Fsp3) is 0.647. The number of rotatable bonds is 6. The van der Waals surface area contributed by atoms with E-state index in [9.17, 15) is 0 Å². The van der Waals surface area contributed by atoms with Crippen molar-refractivity contribution in [2.75, 3.05) is 13.1 Å². The molecule has 2 nitrogen and oxygen atoms in total. The summed E-state index contributed by atoms with van der Waals surface area (Å²) in [5.41, 5.74) is 3.02. The molecule has 1 saturated heterocycles. The third-order valence-corrected chi connectivity index (χ3v) is 4.62. The van der Waals surface area contributed by atoms with Crippen LogP contribution in [0, 0.1) is 5.92 Å². The minimum Gasteiger partial charge on any atom is -0.310 e. The predicted molar refractivity (Wildman–Crippen MR) is 80.0 cm³/mol. The molecule has 1 heterocycles. The normalized spacial score (nSPS) is 23.9. The van der Waals surface area contributed by atoms with Gasteiger partial charge in [0, 0.05) is 25.7 Å². The monoisotopic (exact) mass is 258 g/mol. The third-order valence-electron chi connectivity index (χ3n) is 4.62. The summed E-state index contributed by atoms with van der Waals surface area (Å²) in [6, 6.07) is 9.75. The summed E-state index contributed by atoms with van der Waals surface area (Å²) in [6.45, 7) is 7.08. The minimum absolute atomic E-state index is 0.796. The van der Waals surface area contributed by atoms with Gasteiger partial charge in [0.1, 0.15) is 0 Å². The topological polar surface area (TPSA) is 15.3 Å². The van der Waals surface area contributed by atoms with Gasteiger partial charge in [-0.15, -0.1) is 0 Å².